The molecule has 0 saturated heterocycles. The summed E-state index contributed by atoms with van der Waals surface area (Å²) in [6.07, 6.45) is -4.66. The molecule has 1 aliphatic carbocycles. The van der Waals surface area contributed by atoms with Crippen molar-refractivity contribution < 1.29 is 26.3 Å². The van der Waals surface area contributed by atoms with Gasteiger partial charge in [0, 0.05) is 22.5 Å². The SMILES string of the molecule is C[C@@H](Nc1nc(NC2(C(F)(F)F)CC2)c2nc(-c3ccc(F)cc3)ccc2n1)c1ccc(NS(=O)[O-])cc1. The highest BCUT2D eigenvalue weighted by molar-refractivity contribution is 7.80. The number of nitrogens with one attached hydrogen (secondary N) is 3. The number of hydrogen-bond donors (Lipinski definition) is 3. The minimum Gasteiger partial charge on any atom is -0.755 e. The summed E-state index contributed by atoms with van der Waals surface area (Å²) in [5, 5.41) is 5.67. The van der Waals surface area contributed by atoms with Crippen LogP contribution in [0, 0.1) is 5.82 Å². The van der Waals surface area contributed by atoms with Gasteiger partial charge in [-0.2, -0.15) is 18.2 Å². The Kier molecular flexibility index (Phi) is 6.65. The van der Waals surface area contributed by atoms with Crippen LogP contribution < -0.4 is 15.4 Å². The highest BCUT2D eigenvalue weighted by Gasteiger charge is 2.64. The third kappa shape index (κ3) is 5.38. The predicted octanol–water partition coefficient (Wildman–Crippen LogP) is 5.72. The topological polar surface area (TPSA) is 115 Å². The lowest BCUT2D eigenvalue weighted by Gasteiger charge is -2.23. The Bertz CT molecular complexity index is 1500. The van der Waals surface area contributed by atoms with E-state index in [-0.39, 0.29) is 36.2 Å². The Labute approximate surface area is 217 Å². The van der Waals surface area contributed by atoms with E-state index in [1.54, 1.807) is 36.4 Å². The van der Waals surface area contributed by atoms with Crippen molar-refractivity contribution in [2.75, 3.05) is 15.4 Å². The molecule has 38 heavy (non-hydrogen) atoms. The van der Waals surface area contributed by atoms with Gasteiger partial charge in [0.2, 0.25) is 5.95 Å². The second-order valence-corrected chi connectivity index (χ2v) is 9.67. The summed E-state index contributed by atoms with van der Waals surface area (Å²) in [5.74, 6) is -0.400. The Morgan fingerprint density at radius 2 is 1.66 bits per heavy atom. The van der Waals surface area contributed by atoms with E-state index in [2.05, 4.69) is 30.3 Å². The van der Waals surface area contributed by atoms with Crippen LogP contribution in [0.5, 0.6) is 0 Å². The molecule has 2 aromatic heterocycles. The van der Waals surface area contributed by atoms with Crippen LogP contribution in [0.3, 0.4) is 0 Å². The summed E-state index contributed by atoms with van der Waals surface area (Å²) in [7, 11) is 0. The number of hydrogen-bond acceptors (Lipinski definition) is 7. The minimum atomic E-state index is -4.48. The molecule has 198 valence electrons. The van der Waals surface area contributed by atoms with Gasteiger partial charge in [-0.25, -0.2) is 14.4 Å². The fourth-order valence-corrected chi connectivity index (χ4v) is 4.32. The number of fused-ring (bicyclic) bond motifs is 1. The Balaban J connectivity index is 1.50. The first-order chi connectivity index (χ1) is 18.0. The quantitative estimate of drug-likeness (QED) is 0.192. The van der Waals surface area contributed by atoms with Gasteiger partial charge in [-0.3, -0.25) is 4.21 Å². The molecule has 1 aliphatic rings. The molecular weight excluding hydrogens is 524 g/mol. The molecule has 8 nitrogen and oxygen atoms in total. The smallest absolute Gasteiger partial charge is 0.411 e. The number of alkyl halides is 3. The first-order valence-corrected chi connectivity index (χ1v) is 12.6. The van der Waals surface area contributed by atoms with E-state index in [4.69, 9.17) is 0 Å². The standard InChI is InChI=1S/C25H22F4N6O2S/c1-14(15-4-8-18(9-5-15)35-38(36)37)30-23-32-20-11-10-19(16-2-6-17(26)7-3-16)31-21(20)22(33-23)34-24(12-13-24)25(27,28)29/h2-11,14,35H,12-13H2,1H3,(H,36,37)(H2,30,32,33,34)/p-1/t14-/m1/s1. The predicted molar refractivity (Wildman–Crippen MR) is 135 cm³/mol. The van der Waals surface area contributed by atoms with Crippen molar-refractivity contribution in [3.8, 4) is 11.3 Å². The van der Waals surface area contributed by atoms with E-state index in [1.807, 2.05) is 6.92 Å². The minimum absolute atomic E-state index is 0.0686. The lowest BCUT2D eigenvalue weighted by atomic mass is 10.1. The maximum absolute atomic E-state index is 13.8. The van der Waals surface area contributed by atoms with Gasteiger partial charge in [0.05, 0.1) is 17.3 Å². The molecule has 2 heterocycles. The number of rotatable bonds is 8. The average Bonchev–Trinajstić information content (AvgIpc) is 3.65. The van der Waals surface area contributed by atoms with Crippen molar-refractivity contribution in [3.63, 3.8) is 0 Å². The van der Waals surface area contributed by atoms with Crippen molar-refractivity contribution in [2.45, 2.75) is 37.5 Å². The third-order valence-corrected chi connectivity index (χ3v) is 6.69. The van der Waals surface area contributed by atoms with Crippen molar-refractivity contribution in [1.82, 2.24) is 15.0 Å². The van der Waals surface area contributed by atoms with E-state index in [0.717, 1.165) is 5.56 Å². The first-order valence-electron chi connectivity index (χ1n) is 11.6. The average molecular weight is 546 g/mol. The summed E-state index contributed by atoms with van der Waals surface area (Å²) in [4.78, 5) is 13.3. The number of halogens is 4. The Morgan fingerprint density at radius 3 is 2.26 bits per heavy atom. The molecule has 0 spiro atoms. The molecule has 1 fully saturated rings. The van der Waals surface area contributed by atoms with Crippen LogP contribution in [0.1, 0.15) is 31.4 Å². The van der Waals surface area contributed by atoms with Crippen molar-refractivity contribution >= 4 is 39.8 Å². The van der Waals surface area contributed by atoms with Gasteiger partial charge in [-0.15, -0.1) is 0 Å². The summed E-state index contributed by atoms with van der Waals surface area (Å²) < 4.78 is 78.6. The van der Waals surface area contributed by atoms with Gasteiger partial charge in [0.1, 0.15) is 16.9 Å². The zero-order chi connectivity index (χ0) is 27.1. The van der Waals surface area contributed by atoms with Crippen molar-refractivity contribution in [1.29, 1.82) is 0 Å². The van der Waals surface area contributed by atoms with Gasteiger partial charge in [0.15, 0.2) is 5.82 Å². The first kappa shape index (κ1) is 25.8. The molecule has 2 atom stereocenters. The van der Waals surface area contributed by atoms with Crippen LogP contribution in [0.15, 0.2) is 60.7 Å². The van der Waals surface area contributed by atoms with Gasteiger partial charge < -0.3 is 19.9 Å². The van der Waals surface area contributed by atoms with Gasteiger partial charge in [-0.1, -0.05) is 12.1 Å². The molecule has 0 radical (unpaired) electrons. The number of anilines is 3. The zero-order valence-corrected chi connectivity index (χ0v) is 20.7. The monoisotopic (exact) mass is 545 g/mol. The number of nitrogens with zero attached hydrogens (tertiary/aromatic N) is 3. The van der Waals surface area contributed by atoms with Crippen LogP contribution in [-0.2, 0) is 11.3 Å². The summed E-state index contributed by atoms with van der Waals surface area (Å²) in [6, 6.07) is 15.1. The maximum Gasteiger partial charge on any atom is 0.411 e. The second-order valence-electron chi connectivity index (χ2n) is 9.00. The van der Waals surface area contributed by atoms with Crippen molar-refractivity contribution in [3.05, 3.63) is 72.0 Å². The van der Waals surface area contributed by atoms with E-state index in [0.29, 0.717) is 22.5 Å². The largest absolute Gasteiger partial charge is 0.755 e. The van der Waals surface area contributed by atoms with Crippen LogP contribution in [0.4, 0.5) is 35.0 Å². The summed E-state index contributed by atoms with van der Waals surface area (Å²) in [6.45, 7) is 1.81. The Hall–Kier alpha value is -3.84. The maximum atomic E-state index is 13.8. The molecule has 13 heteroatoms. The second kappa shape index (κ2) is 9.80. The summed E-state index contributed by atoms with van der Waals surface area (Å²) >= 11 is -2.45. The van der Waals surface area contributed by atoms with Gasteiger partial charge in [0.25, 0.3) is 0 Å². The normalized spacial score (nSPS) is 16.1. The molecular formula is C25H21F4N6O2S-. The van der Waals surface area contributed by atoms with Crippen molar-refractivity contribution in [2.24, 2.45) is 0 Å². The molecule has 1 saturated carbocycles. The molecule has 1 unspecified atom stereocenters. The third-order valence-electron chi connectivity index (χ3n) is 6.29. The number of benzene rings is 2. The van der Waals surface area contributed by atoms with Gasteiger partial charge in [-0.05, 0) is 73.9 Å². The number of pyridine rings is 1. The lowest BCUT2D eigenvalue weighted by Crippen LogP contribution is -2.39. The fourth-order valence-electron chi connectivity index (χ4n) is 3.99. The molecule has 5 rings (SSSR count). The van der Waals surface area contributed by atoms with Crippen LogP contribution in [0.2, 0.25) is 0 Å². The molecule has 0 amide bonds. The van der Waals surface area contributed by atoms with Crippen LogP contribution in [-0.4, -0.2) is 35.4 Å². The molecule has 0 aliphatic heterocycles. The Morgan fingerprint density at radius 1 is 0.974 bits per heavy atom. The van der Waals surface area contributed by atoms with E-state index in [9.17, 15) is 26.3 Å². The molecule has 4 aromatic rings. The van der Waals surface area contributed by atoms with Crippen LogP contribution in [0.25, 0.3) is 22.3 Å². The zero-order valence-electron chi connectivity index (χ0n) is 19.8. The summed E-state index contributed by atoms with van der Waals surface area (Å²) in [5.41, 5.74) is 0.556. The molecule has 2 aromatic carbocycles. The highest BCUT2D eigenvalue weighted by atomic mass is 32.2. The van der Waals surface area contributed by atoms with E-state index in [1.165, 1.54) is 24.3 Å². The van der Waals surface area contributed by atoms with E-state index >= 15 is 0 Å². The molecule has 0 bridgehead atoms. The van der Waals surface area contributed by atoms with Gasteiger partial charge >= 0.3 is 6.18 Å². The number of aromatic nitrogens is 3. The lowest BCUT2D eigenvalue weighted by molar-refractivity contribution is -0.151. The fraction of sp³-hybridized carbons (Fsp3) is 0.240. The van der Waals surface area contributed by atoms with E-state index < -0.39 is 28.8 Å². The van der Waals surface area contributed by atoms with Crippen LogP contribution >= 0.6 is 0 Å². The highest BCUT2D eigenvalue weighted by Crippen LogP contribution is 2.51. The molecule has 3 N–H and O–H groups in total.